The van der Waals surface area contributed by atoms with E-state index in [9.17, 15) is 17.6 Å². The van der Waals surface area contributed by atoms with Crippen molar-refractivity contribution in [2.45, 2.75) is 38.3 Å². The molecule has 1 aromatic rings. The van der Waals surface area contributed by atoms with E-state index in [1.807, 2.05) is 0 Å². The van der Waals surface area contributed by atoms with E-state index >= 15 is 0 Å². The van der Waals surface area contributed by atoms with Crippen LogP contribution in [0.4, 0.5) is 4.39 Å². The highest BCUT2D eigenvalue weighted by molar-refractivity contribution is 7.90. The number of benzene rings is 1. The molecule has 1 aromatic carbocycles. The van der Waals surface area contributed by atoms with E-state index in [2.05, 4.69) is 0 Å². The number of halogens is 1. The van der Waals surface area contributed by atoms with Crippen molar-refractivity contribution in [3.8, 4) is 0 Å². The van der Waals surface area contributed by atoms with Crippen LogP contribution in [0.5, 0.6) is 0 Å². The van der Waals surface area contributed by atoms with Crippen molar-refractivity contribution in [2.75, 3.05) is 12.0 Å². The van der Waals surface area contributed by atoms with Gasteiger partial charge < -0.3 is 4.90 Å². The minimum absolute atomic E-state index is 0.0305. The molecule has 0 bridgehead atoms. The molecule has 0 N–H and O–H groups in total. The molecule has 0 saturated heterocycles. The molecule has 1 saturated carbocycles. The Bertz CT molecular complexity index is 626. The topological polar surface area (TPSA) is 54.5 Å². The van der Waals surface area contributed by atoms with E-state index in [0.29, 0.717) is 5.56 Å². The predicted molar refractivity (Wildman–Crippen MR) is 79.1 cm³/mol. The predicted octanol–water partition coefficient (Wildman–Crippen LogP) is 1.79. The molecule has 4 nitrogen and oxygen atoms in total. The summed E-state index contributed by atoms with van der Waals surface area (Å²) in [6.45, 7) is 1.73. The average Bonchev–Trinajstić information content (AvgIpc) is 3.14. The summed E-state index contributed by atoms with van der Waals surface area (Å²) in [5.74, 6) is -0.678. The first-order valence-electron chi connectivity index (χ1n) is 7.00. The van der Waals surface area contributed by atoms with Crippen LogP contribution in [0.3, 0.4) is 0 Å². The van der Waals surface area contributed by atoms with Gasteiger partial charge >= 0.3 is 0 Å². The second kappa shape index (κ2) is 6.13. The van der Waals surface area contributed by atoms with Crippen LogP contribution in [0.2, 0.25) is 0 Å². The van der Waals surface area contributed by atoms with Crippen molar-refractivity contribution in [3.05, 3.63) is 35.6 Å². The molecule has 0 aliphatic heterocycles. The standard InChI is InChI=1S/C15H20FNO3S/c1-11(10-21(2,19)20)17(13-7-8-13)15(18)9-12-5-3-4-6-14(12)16/h3-6,11,13H,7-10H2,1-2H3/t11-/m1/s1. The van der Waals surface area contributed by atoms with Gasteiger partial charge in [0, 0.05) is 18.3 Å². The number of amides is 1. The fourth-order valence-corrected chi connectivity index (χ4v) is 3.61. The summed E-state index contributed by atoms with van der Waals surface area (Å²) >= 11 is 0. The summed E-state index contributed by atoms with van der Waals surface area (Å²) in [5, 5.41) is 0. The van der Waals surface area contributed by atoms with E-state index in [1.165, 1.54) is 6.07 Å². The Hall–Kier alpha value is -1.43. The molecule has 1 aliphatic rings. The van der Waals surface area contributed by atoms with Crippen molar-refractivity contribution in [3.63, 3.8) is 0 Å². The van der Waals surface area contributed by atoms with Gasteiger partial charge in [0.2, 0.25) is 5.91 Å². The largest absolute Gasteiger partial charge is 0.336 e. The molecule has 21 heavy (non-hydrogen) atoms. The van der Waals surface area contributed by atoms with Gasteiger partial charge in [-0.15, -0.1) is 0 Å². The zero-order valence-electron chi connectivity index (χ0n) is 12.3. The van der Waals surface area contributed by atoms with E-state index in [4.69, 9.17) is 0 Å². The highest BCUT2D eigenvalue weighted by Gasteiger charge is 2.36. The third-order valence-electron chi connectivity index (χ3n) is 3.55. The van der Waals surface area contributed by atoms with Gasteiger partial charge in [-0.3, -0.25) is 4.79 Å². The highest BCUT2D eigenvalue weighted by atomic mass is 32.2. The zero-order valence-corrected chi connectivity index (χ0v) is 13.1. The molecule has 0 aromatic heterocycles. The van der Waals surface area contributed by atoms with Crippen molar-refractivity contribution < 1.29 is 17.6 Å². The zero-order chi connectivity index (χ0) is 15.6. The minimum atomic E-state index is -3.16. The maximum atomic E-state index is 13.6. The lowest BCUT2D eigenvalue weighted by molar-refractivity contribution is -0.132. The third-order valence-corrected chi connectivity index (χ3v) is 4.63. The Morgan fingerprint density at radius 3 is 2.52 bits per heavy atom. The maximum Gasteiger partial charge on any atom is 0.227 e. The Morgan fingerprint density at radius 2 is 2.00 bits per heavy atom. The normalized spacial score (nSPS) is 16.5. The van der Waals surface area contributed by atoms with Gasteiger partial charge in [-0.05, 0) is 31.4 Å². The van der Waals surface area contributed by atoms with Gasteiger partial charge in [-0.25, -0.2) is 12.8 Å². The monoisotopic (exact) mass is 313 g/mol. The van der Waals surface area contributed by atoms with Crippen LogP contribution in [0.15, 0.2) is 24.3 Å². The van der Waals surface area contributed by atoms with Crippen LogP contribution in [0.25, 0.3) is 0 Å². The average molecular weight is 313 g/mol. The molecular formula is C15H20FNO3S. The van der Waals surface area contributed by atoms with Gasteiger partial charge in [-0.2, -0.15) is 0 Å². The molecule has 1 fully saturated rings. The number of nitrogens with zero attached hydrogens (tertiary/aromatic N) is 1. The summed E-state index contributed by atoms with van der Waals surface area (Å²) in [6.07, 6.45) is 2.90. The number of hydrogen-bond acceptors (Lipinski definition) is 3. The number of rotatable bonds is 6. The molecular weight excluding hydrogens is 293 g/mol. The maximum absolute atomic E-state index is 13.6. The van der Waals surface area contributed by atoms with E-state index in [1.54, 1.807) is 30.0 Å². The van der Waals surface area contributed by atoms with Crippen molar-refractivity contribution >= 4 is 15.7 Å². The number of carbonyl (C=O) groups excluding carboxylic acids is 1. The van der Waals surface area contributed by atoms with Gasteiger partial charge in [0.05, 0.1) is 12.2 Å². The molecule has 6 heteroatoms. The first-order valence-corrected chi connectivity index (χ1v) is 9.06. The lowest BCUT2D eigenvalue weighted by Crippen LogP contribution is -2.44. The van der Waals surface area contributed by atoms with Crippen LogP contribution in [0.1, 0.15) is 25.3 Å². The second-order valence-electron chi connectivity index (χ2n) is 5.74. The minimum Gasteiger partial charge on any atom is -0.336 e. The summed E-state index contributed by atoms with van der Waals surface area (Å²) < 4.78 is 36.5. The third kappa shape index (κ3) is 4.52. The Balaban J connectivity index is 2.11. The summed E-state index contributed by atoms with van der Waals surface area (Å²) in [4.78, 5) is 14.1. The van der Waals surface area contributed by atoms with E-state index in [0.717, 1.165) is 19.1 Å². The summed E-state index contributed by atoms with van der Waals surface area (Å²) in [7, 11) is -3.16. The first kappa shape index (κ1) is 15.9. The summed E-state index contributed by atoms with van der Waals surface area (Å²) in [5.41, 5.74) is 0.347. The SMILES string of the molecule is C[C@H](CS(C)(=O)=O)N(C(=O)Cc1ccccc1F)C1CC1. The fourth-order valence-electron chi connectivity index (χ4n) is 2.58. The smallest absolute Gasteiger partial charge is 0.227 e. The molecule has 0 heterocycles. The number of hydrogen-bond donors (Lipinski definition) is 0. The van der Waals surface area contributed by atoms with Crippen molar-refractivity contribution in [1.82, 2.24) is 4.90 Å². The molecule has 116 valence electrons. The van der Waals surface area contributed by atoms with Gasteiger partial charge in [-0.1, -0.05) is 18.2 Å². The molecule has 1 atom stereocenters. The highest BCUT2D eigenvalue weighted by Crippen LogP contribution is 2.30. The molecule has 0 unspecified atom stereocenters. The Morgan fingerprint density at radius 1 is 1.38 bits per heavy atom. The van der Waals surface area contributed by atoms with Gasteiger partial charge in [0.15, 0.2) is 0 Å². The molecule has 2 rings (SSSR count). The quantitative estimate of drug-likeness (QED) is 0.804. The van der Waals surface area contributed by atoms with Crippen LogP contribution in [0, 0.1) is 5.82 Å². The Labute approximate surface area is 124 Å². The first-order chi connectivity index (χ1) is 9.78. The van der Waals surface area contributed by atoms with E-state index in [-0.39, 0.29) is 30.2 Å². The van der Waals surface area contributed by atoms with Crippen LogP contribution in [-0.4, -0.2) is 43.3 Å². The van der Waals surface area contributed by atoms with E-state index < -0.39 is 15.7 Å². The van der Waals surface area contributed by atoms with Crippen molar-refractivity contribution in [1.29, 1.82) is 0 Å². The lowest BCUT2D eigenvalue weighted by Gasteiger charge is -2.29. The molecule has 1 amide bonds. The van der Waals surface area contributed by atoms with Crippen molar-refractivity contribution in [2.24, 2.45) is 0 Å². The van der Waals surface area contributed by atoms with Gasteiger partial charge in [0.25, 0.3) is 0 Å². The van der Waals surface area contributed by atoms with Crippen LogP contribution >= 0.6 is 0 Å². The number of carbonyl (C=O) groups is 1. The van der Waals surface area contributed by atoms with Gasteiger partial charge in [0.1, 0.15) is 15.7 Å². The molecule has 1 aliphatic carbocycles. The van der Waals surface area contributed by atoms with Crippen LogP contribution in [-0.2, 0) is 21.1 Å². The number of sulfone groups is 1. The second-order valence-corrected chi connectivity index (χ2v) is 7.93. The lowest BCUT2D eigenvalue weighted by atomic mass is 10.1. The molecule has 0 radical (unpaired) electrons. The molecule has 0 spiro atoms. The summed E-state index contributed by atoms with van der Waals surface area (Å²) in [6, 6.07) is 5.89. The Kier molecular flexibility index (Phi) is 4.66. The fraction of sp³-hybridized carbons (Fsp3) is 0.533. The van der Waals surface area contributed by atoms with Crippen LogP contribution < -0.4 is 0 Å².